The minimum atomic E-state index is -4.11. The molecule has 116 valence electrons. The predicted octanol–water partition coefficient (Wildman–Crippen LogP) is 3.29. The van der Waals surface area contributed by atoms with Crippen LogP contribution in [0.3, 0.4) is 0 Å². The smallest absolute Gasteiger partial charge is 0.391 e. The number of nitrogens with zero attached hydrogens (tertiary/aromatic N) is 1. The molecule has 6 heteroatoms. The van der Waals surface area contributed by atoms with Gasteiger partial charge < -0.3 is 5.11 Å². The fourth-order valence-corrected chi connectivity index (χ4v) is 3.57. The van der Waals surface area contributed by atoms with Gasteiger partial charge in [-0.3, -0.25) is 9.69 Å². The minimum absolute atomic E-state index is 0.0795. The molecule has 0 aromatic heterocycles. The highest BCUT2D eigenvalue weighted by Crippen LogP contribution is 2.36. The highest BCUT2D eigenvalue weighted by atomic mass is 19.4. The zero-order valence-corrected chi connectivity index (χ0v) is 11.5. The predicted molar refractivity (Wildman–Crippen MR) is 68.4 cm³/mol. The molecule has 3 nitrogen and oxygen atoms in total. The summed E-state index contributed by atoms with van der Waals surface area (Å²) in [4.78, 5) is 13.4. The number of hydrogen-bond acceptors (Lipinski definition) is 2. The first-order valence-electron chi connectivity index (χ1n) is 7.43. The van der Waals surface area contributed by atoms with Gasteiger partial charge in [0, 0.05) is 6.04 Å². The van der Waals surface area contributed by atoms with Crippen LogP contribution in [0.4, 0.5) is 13.2 Å². The molecule has 1 aliphatic heterocycles. The van der Waals surface area contributed by atoms with E-state index in [0.717, 1.165) is 25.7 Å². The number of aliphatic carboxylic acids is 1. The Balaban J connectivity index is 1.98. The molecule has 2 atom stereocenters. The van der Waals surface area contributed by atoms with Crippen LogP contribution < -0.4 is 0 Å². The Morgan fingerprint density at radius 2 is 1.60 bits per heavy atom. The number of likely N-dealkylation sites (tertiary alicyclic amines) is 1. The van der Waals surface area contributed by atoms with E-state index in [1.807, 2.05) is 4.90 Å². The lowest BCUT2D eigenvalue weighted by Crippen LogP contribution is -2.48. The molecule has 0 amide bonds. The van der Waals surface area contributed by atoms with Gasteiger partial charge in [0.15, 0.2) is 0 Å². The van der Waals surface area contributed by atoms with Crippen molar-refractivity contribution in [1.82, 2.24) is 4.90 Å². The van der Waals surface area contributed by atoms with Crippen molar-refractivity contribution in [3.05, 3.63) is 0 Å². The van der Waals surface area contributed by atoms with Gasteiger partial charge in [-0.1, -0.05) is 19.3 Å². The lowest BCUT2D eigenvalue weighted by atomic mass is 9.89. The number of piperidine rings is 1. The maximum absolute atomic E-state index is 12.7. The average Bonchev–Trinajstić information content (AvgIpc) is 2.63. The number of carboxylic acid groups (broad SMARTS) is 1. The van der Waals surface area contributed by atoms with Crippen molar-refractivity contribution in [3.63, 3.8) is 0 Å². The summed E-state index contributed by atoms with van der Waals surface area (Å²) in [5.41, 5.74) is 0. The molecule has 0 spiro atoms. The van der Waals surface area contributed by atoms with Gasteiger partial charge >= 0.3 is 12.1 Å². The summed E-state index contributed by atoms with van der Waals surface area (Å²) in [5.74, 6) is -2.43. The van der Waals surface area contributed by atoms with E-state index in [2.05, 4.69) is 0 Å². The molecule has 1 heterocycles. The van der Waals surface area contributed by atoms with Crippen molar-refractivity contribution in [3.8, 4) is 0 Å². The Bertz CT molecular complexity index is 338. The monoisotopic (exact) mass is 293 g/mol. The summed E-state index contributed by atoms with van der Waals surface area (Å²) in [6.07, 6.45) is 0.465. The van der Waals surface area contributed by atoms with E-state index in [-0.39, 0.29) is 18.9 Å². The second kappa shape index (κ2) is 6.33. The summed E-state index contributed by atoms with van der Waals surface area (Å²) in [6, 6.07) is -0.0795. The van der Waals surface area contributed by atoms with Gasteiger partial charge in [0.05, 0.1) is 11.8 Å². The normalized spacial score (nSPS) is 30.9. The van der Waals surface area contributed by atoms with Gasteiger partial charge in [-0.25, -0.2) is 0 Å². The van der Waals surface area contributed by atoms with Crippen molar-refractivity contribution in [2.45, 2.75) is 57.2 Å². The Morgan fingerprint density at radius 1 is 1.00 bits per heavy atom. The molecular weight excluding hydrogens is 271 g/mol. The Hall–Kier alpha value is -0.780. The molecule has 2 fully saturated rings. The van der Waals surface area contributed by atoms with Gasteiger partial charge in [0.1, 0.15) is 0 Å². The van der Waals surface area contributed by atoms with Crippen molar-refractivity contribution in [2.75, 3.05) is 13.1 Å². The Morgan fingerprint density at radius 3 is 2.15 bits per heavy atom. The fourth-order valence-electron chi connectivity index (χ4n) is 3.57. The zero-order chi connectivity index (χ0) is 14.8. The molecule has 2 unspecified atom stereocenters. The molecule has 2 rings (SSSR count). The third kappa shape index (κ3) is 3.65. The van der Waals surface area contributed by atoms with Crippen LogP contribution in [0.1, 0.15) is 44.9 Å². The summed E-state index contributed by atoms with van der Waals surface area (Å²) < 4.78 is 38.0. The molecule has 20 heavy (non-hydrogen) atoms. The second-order valence-corrected chi connectivity index (χ2v) is 6.00. The first-order chi connectivity index (χ1) is 9.39. The lowest BCUT2D eigenvalue weighted by molar-refractivity contribution is -0.187. The highest BCUT2D eigenvalue weighted by Gasteiger charge is 2.43. The molecular formula is C14H22F3NO2. The lowest BCUT2D eigenvalue weighted by Gasteiger charge is -2.39. The third-order valence-corrected chi connectivity index (χ3v) is 4.76. The third-order valence-electron chi connectivity index (χ3n) is 4.76. The SMILES string of the molecule is O=C(O)C1CCCCCC1N1CCC(C(F)(F)F)CC1. The maximum atomic E-state index is 12.7. The van der Waals surface area contributed by atoms with Crippen LogP contribution >= 0.6 is 0 Å². The van der Waals surface area contributed by atoms with Crippen molar-refractivity contribution < 1.29 is 23.1 Å². The van der Waals surface area contributed by atoms with Crippen molar-refractivity contribution in [1.29, 1.82) is 0 Å². The Kier molecular flexibility index (Phi) is 4.94. The standard InChI is InChI=1S/C14H22F3NO2/c15-14(16,17)10-6-8-18(9-7-10)12-5-3-1-2-4-11(12)13(19)20/h10-12H,1-9H2,(H,19,20). The van der Waals surface area contributed by atoms with Crippen LogP contribution in [0.2, 0.25) is 0 Å². The molecule has 1 aliphatic carbocycles. The molecule has 0 radical (unpaired) electrons. The van der Waals surface area contributed by atoms with Crippen LogP contribution in [0.15, 0.2) is 0 Å². The molecule has 1 N–H and O–H groups in total. The second-order valence-electron chi connectivity index (χ2n) is 6.00. The summed E-state index contributed by atoms with van der Waals surface area (Å²) in [6.45, 7) is 0.747. The summed E-state index contributed by atoms with van der Waals surface area (Å²) in [7, 11) is 0. The van der Waals surface area contributed by atoms with Gasteiger partial charge in [0.25, 0.3) is 0 Å². The minimum Gasteiger partial charge on any atom is -0.481 e. The number of hydrogen-bond donors (Lipinski definition) is 1. The van der Waals surface area contributed by atoms with Crippen molar-refractivity contribution >= 4 is 5.97 Å². The molecule has 2 aliphatic rings. The number of rotatable bonds is 2. The maximum Gasteiger partial charge on any atom is 0.391 e. The quantitative estimate of drug-likeness (QED) is 0.794. The zero-order valence-electron chi connectivity index (χ0n) is 11.5. The Labute approximate surface area is 117 Å². The van der Waals surface area contributed by atoms with E-state index in [1.54, 1.807) is 0 Å². The van der Waals surface area contributed by atoms with E-state index in [4.69, 9.17) is 0 Å². The molecule has 1 saturated heterocycles. The van der Waals surface area contributed by atoms with E-state index in [9.17, 15) is 23.1 Å². The van der Waals surface area contributed by atoms with Crippen LogP contribution in [0.5, 0.6) is 0 Å². The van der Waals surface area contributed by atoms with E-state index >= 15 is 0 Å². The highest BCUT2D eigenvalue weighted by molar-refractivity contribution is 5.70. The fraction of sp³-hybridized carbons (Fsp3) is 0.929. The number of alkyl halides is 3. The first-order valence-corrected chi connectivity index (χ1v) is 7.43. The molecule has 0 bridgehead atoms. The molecule has 0 aromatic carbocycles. The van der Waals surface area contributed by atoms with Gasteiger partial charge in [-0.05, 0) is 38.8 Å². The van der Waals surface area contributed by atoms with Crippen LogP contribution in [-0.4, -0.2) is 41.3 Å². The first kappa shape index (κ1) is 15.6. The van der Waals surface area contributed by atoms with E-state index < -0.39 is 24.0 Å². The number of halogens is 3. The van der Waals surface area contributed by atoms with Crippen LogP contribution in [0.25, 0.3) is 0 Å². The molecule has 1 saturated carbocycles. The van der Waals surface area contributed by atoms with Crippen LogP contribution in [-0.2, 0) is 4.79 Å². The van der Waals surface area contributed by atoms with Gasteiger partial charge in [-0.15, -0.1) is 0 Å². The largest absolute Gasteiger partial charge is 0.481 e. The average molecular weight is 293 g/mol. The van der Waals surface area contributed by atoms with Gasteiger partial charge in [0.2, 0.25) is 0 Å². The summed E-state index contributed by atoms with van der Waals surface area (Å²) in [5, 5.41) is 9.34. The number of carboxylic acids is 1. The number of carbonyl (C=O) groups is 1. The van der Waals surface area contributed by atoms with Crippen LogP contribution in [0, 0.1) is 11.8 Å². The van der Waals surface area contributed by atoms with E-state index in [1.165, 1.54) is 0 Å². The topological polar surface area (TPSA) is 40.5 Å². The van der Waals surface area contributed by atoms with Crippen molar-refractivity contribution in [2.24, 2.45) is 11.8 Å². The summed E-state index contributed by atoms with van der Waals surface area (Å²) >= 11 is 0. The molecule has 0 aromatic rings. The van der Waals surface area contributed by atoms with Gasteiger partial charge in [-0.2, -0.15) is 13.2 Å². The van der Waals surface area contributed by atoms with E-state index in [0.29, 0.717) is 19.5 Å².